The van der Waals surface area contributed by atoms with Crippen LogP contribution in [0.25, 0.3) is 0 Å². The van der Waals surface area contributed by atoms with Crippen LogP contribution in [0.3, 0.4) is 0 Å². The van der Waals surface area contributed by atoms with E-state index in [2.05, 4.69) is 5.32 Å². The number of amides is 1. The van der Waals surface area contributed by atoms with E-state index in [0.29, 0.717) is 10.6 Å². The van der Waals surface area contributed by atoms with Crippen LogP contribution in [0.1, 0.15) is 39.7 Å². The van der Waals surface area contributed by atoms with Crippen LogP contribution in [-0.4, -0.2) is 18.0 Å². The highest BCUT2D eigenvalue weighted by molar-refractivity contribution is 7.14. The van der Waals surface area contributed by atoms with E-state index in [1.807, 2.05) is 13.8 Å². The molecule has 1 N–H and O–H groups in total. The molecule has 2 rings (SSSR count). The summed E-state index contributed by atoms with van der Waals surface area (Å²) in [5.74, 6) is -0.171. The molecule has 0 spiro atoms. The number of carbonyl (C=O) groups is 2. The van der Waals surface area contributed by atoms with Crippen LogP contribution in [0.2, 0.25) is 0 Å². The maximum atomic E-state index is 12.1. The summed E-state index contributed by atoms with van der Waals surface area (Å²) in [5, 5.41) is 2.66. The van der Waals surface area contributed by atoms with E-state index in [9.17, 15) is 9.59 Å². The highest BCUT2D eigenvalue weighted by Crippen LogP contribution is 2.23. The Morgan fingerprint density at radius 2 is 2.23 bits per heavy atom. The van der Waals surface area contributed by atoms with E-state index in [0.717, 1.165) is 16.9 Å². The van der Waals surface area contributed by atoms with Crippen molar-refractivity contribution in [1.82, 2.24) is 5.32 Å². The highest BCUT2D eigenvalue weighted by Gasteiger charge is 2.20. The molecule has 1 unspecified atom stereocenters. The van der Waals surface area contributed by atoms with Crippen molar-refractivity contribution in [3.05, 3.63) is 45.5 Å². The average Bonchev–Trinajstić information content (AvgIpc) is 3.13. The van der Waals surface area contributed by atoms with Crippen molar-refractivity contribution >= 4 is 23.2 Å². The van der Waals surface area contributed by atoms with E-state index in [4.69, 9.17) is 9.15 Å². The van der Waals surface area contributed by atoms with Gasteiger partial charge in [0.25, 0.3) is 5.91 Å². The molecule has 0 bridgehead atoms. The highest BCUT2D eigenvalue weighted by atomic mass is 32.1. The molecular formula is C16H19NO4S. The van der Waals surface area contributed by atoms with Gasteiger partial charge in [-0.25, -0.2) is 4.79 Å². The maximum Gasteiger partial charge on any atom is 0.349 e. The third kappa shape index (κ3) is 3.98. The van der Waals surface area contributed by atoms with Gasteiger partial charge in [-0.05, 0) is 44.0 Å². The molecule has 0 aromatic carbocycles. The zero-order valence-electron chi connectivity index (χ0n) is 12.8. The third-order valence-electron chi connectivity index (χ3n) is 3.21. The zero-order chi connectivity index (χ0) is 16.1. The van der Waals surface area contributed by atoms with Gasteiger partial charge in [-0.2, -0.15) is 0 Å². The van der Waals surface area contributed by atoms with E-state index in [1.54, 1.807) is 25.1 Å². The molecule has 1 atom stereocenters. The lowest BCUT2D eigenvalue weighted by Gasteiger charge is -2.12. The summed E-state index contributed by atoms with van der Waals surface area (Å²) in [4.78, 5) is 25.7. The molecule has 0 aliphatic carbocycles. The Labute approximate surface area is 133 Å². The molecular weight excluding hydrogens is 302 g/mol. The molecule has 22 heavy (non-hydrogen) atoms. The van der Waals surface area contributed by atoms with Crippen molar-refractivity contribution in [3.63, 3.8) is 0 Å². The fourth-order valence-corrected chi connectivity index (χ4v) is 2.97. The first kappa shape index (κ1) is 16.3. The molecule has 0 aliphatic rings. The summed E-state index contributed by atoms with van der Waals surface area (Å²) < 4.78 is 10.3. The summed E-state index contributed by atoms with van der Waals surface area (Å²) in [6.07, 6.45) is 1.56. The third-order valence-corrected chi connectivity index (χ3v) is 4.57. The topological polar surface area (TPSA) is 68.5 Å². The van der Waals surface area contributed by atoms with E-state index < -0.39 is 12.1 Å². The lowest BCUT2D eigenvalue weighted by Crippen LogP contribution is -2.35. The van der Waals surface area contributed by atoms with Crippen LogP contribution in [0.5, 0.6) is 0 Å². The molecule has 2 aromatic heterocycles. The Kier molecular flexibility index (Phi) is 5.38. The first-order valence-electron chi connectivity index (χ1n) is 7.11. The Balaban J connectivity index is 1.88. The minimum absolute atomic E-state index is 0.270. The van der Waals surface area contributed by atoms with E-state index >= 15 is 0 Å². The lowest BCUT2D eigenvalue weighted by molar-refractivity contribution is -0.129. The second kappa shape index (κ2) is 7.26. The quantitative estimate of drug-likeness (QED) is 0.830. The van der Waals surface area contributed by atoms with Gasteiger partial charge in [-0.1, -0.05) is 6.92 Å². The first-order chi connectivity index (χ1) is 10.5. The SMILES string of the molecule is CCc1sc(C(=O)OC(C)C(=O)NCc2ccco2)cc1C. The molecule has 0 radical (unpaired) electrons. The molecule has 5 nitrogen and oxygen atoms in total. The number of hydrogen-bond donors (Lipinski definition) is 1. The summed E-state index contributed by atoms with van der Waals surface area (Å²) in [7, 11) is 0. The molecule has 1 amide bonds. The van der Waals surface area contributed by atoms with Crippen molar-refractivity contribution in [3.8, 4) is 0 Å². The Hall–Kier alpha value is -2.08. The fraction of sp³-hybridized carbons (Fsp3) is 0.375. The fourth-order valence-electron chi connectivity index (χ4n) is 1.97. The van der Waals surface area contributed by atoms with Crippen LogP contribution in [0.4, 0.5) is 0 Å². The number of rotatable bonds is 6. The molecule has 0 saturated carbocycles. The predicted molar refractivity (Wildman–Crippen MR) is 83.9 cm³/mol. The van der Waals surface area contributed by atoms with Gasteiger partial charge in [-0.3, -0.25) is 4.79 Å². The van der Waals surface area contributed by atoms with Crippen molar-refractivity contribution < 1.29 is 18.7 Å². The number of esters is 1. The standard InChI is InChI=1S/C16H19NO4S/c1-4-13-10(2)8-14(22-13)16(19)21-11(3)15(18)17-9-12-6-5-7-20-12/h5-8,11H,4,9H2,1-3H3,(H,17,18). The summed E-state index contributed by atoms with van der Waals surface area (Å²) in [6, 6.07) is 5.31. The zero-order valence-corrected chi connectivity index (χ0v) is 13.7. The number of ether oxygens (including phenoxy) is 1. The Morgan fingerprint density at radius 1 is 1.45 bits per heavy atom. The van der Waals surface area contributed by atoms with Crippen LogP contribution >= 0.6 is 11.3 Å². The largest absolute Gasteiger partial charge is 0.467 e. The molecule has 0 fully saturated rings. The average molecular weight is 321 g/mol. The minimum Gasteiger partial charge on any atom is -0.467 e. The van der Waals surface area contributed by atoms with Gasteiger partial charge < -0.3 is 14.5 Å². The smallest absolute Gasteiger partial charge is 0.349 e. The van der Waals surface area contributed by atoms with Crippen molar-refractivity contribution in [1.29, 1.82) is 0 Å². The van der Waals surface area contributed by atoms with E-state index in [-0.39, 0.29) is 12.5 Å². The number of carbonyl (C=O) groups excluding carboxylic acids is 2. The lowest BCUT2D eigenvalue weighted by atomic mass is 10.2. The summed E-state index contributed by atoms with van der Waals surface area (Å²) in [5.41, 5.74) is 1.08. The van der Waals surface area contributed by atoms with Gasteiger partial charge in [0.2, 0.25) is 0 Å². The van der Waals surface area contributed by atoms with Gasteiger partial charge in [0, 0.05) is 4.88 Å². The normalized spacial score (nSPS) is 12.0. The second-order valence-corrected chi connectivity index (χ2v) is 6.05. The molecule has 6 heteroatoms. The van der Waals surface area contributed by atoms with Crippen LogP contribution in [0, 0.1) is 6.92 Å². The number of nitrogens with one attached hydrogen (secondary N) is 1. The van der Waals surface area contributed by atoms with Gasteiger partial charge in [-0.15, -0.1) is 11.3 Å². The van der Waals surface area contributed by atoms with Crippen molar-refractivity contribution in [2.75, 3.05) is 0 Å². The van der Waals surface area contributed by atoms with Gasteiger partial charge in [0.05, 0.1) is 12.8 Å². The van der Waals surface area contributed by atoms with Gasteiger partial charge in [0.15, 0.2) is 6.10 Å². The van der Waals surface area contributed by atoms with Gasteiger partial charge in [0.1, 0.15) is 10.6 Å². The van der Waals surface area contributed by atoms with Crippen molar-refractivity contribution in [2.24, 2.45) is 0 Å². The minimum atomic E-state index is -0.852. The number of thiophene rings is 1. The number of furan rings is 1. The second-order valence-electron chi connectivity index (χ2n) is 4.92. The number of aryl methyl sites for hydroxylation is 2. The molecule has 2 aromatic rings. The monoisotopic (exact) mass is 321 g/mol. The molecule has 118 valence electrons. The van der Waals surface area contributed by atoms with Crippen LogP contribution in [0.15, 0.2) is 28.9 Å². The van der Waals surface area contributed by atoms with Crippen molar-refractivity contribution in [2.45, 2.75) is 39.8 Å². The number of hydrogen-bond acceptors (Lipinski definition) is 5. The summed E-state index contributed by atoms with van der Waals surface area (Å²) >= 11 is 1.41. The van der Waals surface area contributed by atoms with Crippen LogP contribution < -0.4 is 5.32 Å². The molecule has 0 aliphatic heterocycles. The maximum absolute atomic E-state index is 12.1. The Bertz CT molecular complexity index is 645. The van der Waals surface area contributed by atoms with Gasteiger partial charge >= 0.3 is 5.97 Å². The molecule has 2 heterocycles. The van der Waals surface area contributed by atoms with Crippen LogP contribution in [-0.2, 0) is 22.5 Å². The molecule has 0 saturated heterocycles. The predicted octanol–water partition coefficient (Wildman–Crippen LogP) is 3.07. The first-order valence-corrected chi connectivity index (χ1v) is 7.93. The van der Waals surface area contributed by atoms with E-state index in [1.165, 1.54) is 17.6 Å². The summed E-state index contributed by atoms with van der Waals surface area (Å²) in [6.45, 7) is 5.83. The Morgan fingerprint density at radius 3 is 2.82 bits per heavy atom.